The minimum atomic E-state index is 0.400. The van der Waals surface area contributed by atoms with Crippen LogP contribution in [0.25, 0.3) is 22.0 Å². The minimum absolute atomic E-state index is 0.400. The predicted molar refractivity (Wildman–Crippen MR) is 134 cm³/mol. The third-order valence-corrected chi connectivity index (χ3v) is 7.16. The molecule has 0 spiro atoms. The van der Waals surface area contributed by atoms with Crippen LogP contribution < -0.4 is 5.32 Å². The zero-order chi connectivity index (χ0) is 22.4. The molecule has 164 valence electrons. The first-order chi connectivity index (χ1) is 16.1. The number of carbonyl (C=O) groups is 1. The number of Topliss-reactive ketones (excluding diaryl/α,β-unsaturated/α-hetero) is 1. The van der Waals surface area contributed by atoms with Gasteiger partial charge in [-0.1, -0.05) is 42.5 Å². The van der Waals surface area contributed by atoms with Crippen molar-refractivity contribution in [1.29, 1.82) is 0 Å². The van der Waals surface area contributed by atoms with E-state index in [0.29, 0.717) is 11.8 Å². The Morgan fingerprint density at radius 2 is 1.82 bits per heavy atom. The second-order valence-electron chi connectivity index (χ2n) is 9.34. The average molecular weight is 434 g/mol. The van der Waals surface area contributed by atoms with Crippen LogP contribution in [0.2, 0.25) is 0 Å². The second-order valence-corrected chi connectivity index (χ2v) is 9.34. The van der Waals surface area contributed by atoms with E-state index < -0.39 is 0 Å². The molecule has 3 aromatic carbocycles. The number of aryl methyl sites for hydroxylation is 1. The Kier molecular flexibility index (Phi) is 4.96. The smallest absolute Gasteiger partial charge is 0.136 e. The molecule has 2 heterocycles. The number of carbonyl (C=O) groups excluding carboxylic acids is 1. The third kappa shape index (κ3) is 3.81. The number of benzene rings is 3. The number of fused-ring (bicyclic) bond motifs is 2. The van der Waals surface area contributed by atoms with Crippen LogP contribution in [0.3, 0.4) is 0 Å². The fourth-order valence-corrected chi connectivity index (χ4v) is 5.15. The minimum Gasteiger partial charge on any atom is -0.355 e. The van der Waals surface area contributed by atoms with Crippen LogP contribution in [0.15, 0.2) is 72.9 Å². The lowest BCUT2D eigenvalue weighted by molar-refractivity contribution is -0.128. The Morgan fingerprint density at radius 3 is 2.67 bits per heavy atom. The maximum atomic E-state index is 11.4. The fraction of sp³-hybridized carbons (Fsp3) is 0.241. The van der Waals surface area contributed by atoms with E-state index in [1.165, 1.54) is 27.8 Å². The van der Waals surface area contributed by atoms with Crippen LogP contribution in [0, 0.1) is 6.92 Å². The molecular formula is C29H27N3O. The van der Waals surface area contributed by atoms with Gasteiger partial charge >= 0.3 is 0 Å². The Labute approximate surface area is 194 Å². The van der Waals surface area contributed by atoms with Crippen molar-refractivity contribution >= 4 is 27.9 Å². The molecular weight excluding hydrogens is 406 g/mol. The Bertz CT molecular complexity index is 1370. The monoisotopic (exact) mass is 433 g/mol. The van der Waals surface area contributed by atoms with Crippen LogP contribution in [-0.4, -0.2) is 28.3 Å². The molecule has 4 aromatic rings. The van der Waals surface area contributed by atoms with Crippen molar-refractivity contribution in [2.45, 2.75) is 38.8 Å². The molecule has 33 heavy (non-hydrogen) atoms. The molecule has 4 heteroatoms. The van der Waals surface area contributed by atoms with Crippen molar-refractivity contribution in [1.82, 2.24) is 9.88 Å². The molecule has 0 amide bonds. The fourth-order valence-electron chi connectivity index (χ4n) is 5.15. The summed E-state index contributed by atoms with van der Waals surface area (Å²) in [6.45, 7) is 4.09. The summed E-state index contributed by atoms with van der Waals surface area (Å²) in [7, 11) is 0. The Morgan fingerprint density at radius 1 is 0.970 bits per heavy atom. The average Bonchev–Trinajstić information content (AvgIpc) is 2.83. The van der Waals surface area contributed by atoms with Gasteiger partial charge in [0.2, 0.25) is 0 Å². The molecule has 1 saturated carbocycles. The van der Waals surface area contributed by atoms with E-state index in [1.807, 2.05) is 12.3 Å². The number of pyridine rings is 1. The molecule has 0 unspecified atom stereocenters. The highest BCUT2D eigenvalue weighted by atomic mass is 16.1. The van der Waals surface area contributed by atoms with Crippen molar-refractivity contribution in [3.8, 4) is 11.3 Å². The van der Waals surface area contributed by atoms with E-state index in [4.69, 9.17) is 4.98 Å². The number of hydrogen-bond acceptors (Lipinski definition) is 4. The molecule has 1 aromatic heterocycles. The van der Waals surface area contributed by atoms with Gasteiger partial charge in [-0.25, -0.2) is 0 Å². The number of rotatable bonds is 4. The third-order valence-electron chi connectivity index (χ3n) is 7.16. The highest BCUT2D eigenvalue weighted by Crippen LogP contribution is 2.34. The van der Waals surface area contributed by atoms with Crippen LogP contribution in [-0.2, 0) is 17.8 Å². The van der Waals surface area contributed by atoms with Gasteiger partial charge in [0.1, 0.15) is 5.78 Å². The van der Waals surface area contributed by atoms with Gasteiger partial charge < -0.3 is 5.32 Å². The van der Waals surface area contributed by atoms with Gasteiger partial charge in [-0.3, -0.25) is 14.7 Å². The van der Waals surface area contributed by atoms with Crippen LogP contribution in [0.1, 0.15) is 29.5 Å². The Hall–Kier alpha value is -3.50. The molecule has 1 aliphatic carbocycles. The zero-order valence-electron chi connectivity index (χ0n) is 18.8. The van der Waals surface area contributed by atoms with Gasteiger partial charge in [-0.2, -0.15) is 0 Å². The van der Waals surface area contributed by atoms with Gasteiger partial charge in [-0.15, -0.1) is 0 Å². The molecule has 1 aliphatic heterocycles. The van der Waals surface area contributed by atoms with Gasteiger partial charge in [0.25, 0.3) is 0 Å². The molecule has 2 aliphatic rings. The lowest BCUT2D eigenvalue weighted by Crippen LogP contribution is -2.47. The first kappa shape index (κ1) is 20.1. The lowest BCUT2D eigenvalue weighted by Gasteiger charge is -2.39. The largest absolute Gasteiger partial charge is 0.355 e. The van der Waals surface area contributed by atoms with Gasteiger partial charge in [-0.05, 0) is 59.7 Å². The molecule has 4 nitrogen and oxygen atoms in total. The number of anilines is 2. The lowest BCUT2D eigenvalue weighted by atomic mass is 9.87. The molecule has 6 rings (SSSR count). The van der Waals surface area contributed by atoms with E-state index in [0.717, 1.165) is 54.7 Å². The number of hydrogen-bond donors (Lipinski definition) is 1. The summed E-state index contributed by atoms with van der Waals surface area (Å²) in [6.07, 6.45) is 4.41. The van der Waals surface area contributed by atoms with E-state index >= 15 is 0 Å². The van der Waals surface area contributed by atoms with Gasteiger partial charge in [0.15, 0.2) is 0 Å². The van der Waals surface area contributed by atoms with Crippen LogP contribution in [0.4, 0.5) is 11.4 Å². The van der Waals surface area contributed by atoms with E-state index in [-0.39, 0.29) is 0 Å². The standard InChI is InChI=1S/C29H27N3O/c1-19-9-10-23(14-27(19)29-13-20-5-2-3-6-21(20)17-30-29)31-28-8-4-7-22-18-32(12-11-26(22)28)24-15-25(33)16-24/h2-10,13-14,17,24,31H,11-12,15-16,18H2,1H3. The summed E-state index contributed by atoms with van der Waals surface area (Å²) in [5, 5.41) is 6.05. The van der Waals surface area contributed by atoms with Crippen molar-refractivity contribution < 1.29 is 4.79 Å². The normalized spacial score (nSPS) is 16.5. The maximum Gasteiger partial charge on any atom is 0.136 e. The van der Waals surface area contributed by atoms with Crippen molar-refractivity contribution in [2.24, 2.45) is 0 Å². The summed E-state index contributed by atoms with van der Waals surface area (Å²) in [5.41, 5.74) is 8.37. The van der Waals surface area contributed by atoms with Gasteiger partial charge in [0.05, 0.1) is 5.69 Å². The molecule has 0 radical (unpaired) electrons. The summed E-state index contributed by atoms with van der Waals surface area (Å²) in [6, 6.07) is 24.0. The quantitative estimate of drug-likeness (QED) is 0.426. The maximum absolute atomic E-state index is 11.4. The van der Waals surface area contributed by atoms with E-state index in [2.05, 4.69) is 77.8 Å². The molecule has 0 saturated heterocycles. The molecule has 0 atom stereocenters. The Balaban J connectivity index is 1.28. The summed E-state index contributed by atoms with van der Waals surface area (Å²) >= 11 is 0. The number of ketones is 1. The SMILES string of the molecule is Cc1ccc(Nc2cccc3c2CCN(C2CC(=O)C2)C3)cc1-c1cc2ccccc2cn1. The summed E-state index contributed by atoms with van der Waals surface area (Å²) in [5.74, 6) is 0.400. The number of nitrogens with one attached hydrogen (secondary N) is 1. The predicted octanol–water partition coefficient (Wildman–Crippen LogP) is 6.04. The summed E-state index contributed by atoms with van der Waals surface area (Å²) in [4.78, 5) is 18.7. The zero-order valence-corrected chi connectivity index (χ0v) is 18.8. The molecule has 1 fully saturated rings. The first-order valence-corrected chi connectivity index (χ1v) is 11.7. The highest BCUT2D eigenvalue weighted by Gasteiger charge is 2.33. The highest BCUT2D eigenvalue weighted by molar-refractivity contribution is 5.86. The van der Waals surface area contributed by atoms with Crippen molar-refractivity contribution in [2.75, 3.05) is 11.9 Å². The van der Waals surface area contributed by atoms with E-state index in [9.17, 15) is 4.79 Å². The van der Waals surface area contributed by atoms with Crippen molar-refractivity contribution in [3.63, 3.8) is 0 Å². The summed E-state index contributed by atoms with van der Waals surface area (Å²) < 4.78 is 0. The number of aromatic nitrogens is 1. The molecule has 1 N–H and O–H groups in total. The second kappa shape index (κ2) is 8.13. The van der Waals surface area contributed by atoms with Crippen LogP contribution in [0.5, 0.6) is 0 Å². The van der Waals surface area contributed by atoms with Crippen LogP contribution >= 0.6 is 0 Å². The topological polar surface area (TPSA) is 45.2 Å². The molecule has 0 bridgehead atoms. The van der Waals surface area contributed by atoms with Gasteiger partial charge in [0, 0.05) is 60.5 Å². The van der Waals surface area contributed by atoms with Crippen molar-refractivity contribution in [3.05, 3.63) is 89.6 Å². The number of nitrogens with zero attached hydrogens (tertiary/aromatic N) is 2. The van der Waals surface area contributed by atoms with E-state index in [1.54, 1.807) is 0 Å². The first-order valence-electron chi connectivity index (χ1n) is 11.7.